The SMILES string of the molecule is CCCNC(=O)[C@H](CC)N(Cc1c(Cl)cccc1Cl)C(=O)CSCc1ccccc1F. The number of carbonyl (C=O) groups is 2. The fraction of sp³-hybridized carbons (Fsp3) is 0.391. The quantitative estimate of drug-likeness (QED) is 0.444. The van der Waals surface area contributed by atoms with Crippen molar-refractivity contribution in [2.24, 2.45) is 0 Å². The van der Waals surface area contributed by atoms with Gasteiger partial charge in [0.25, 0.3) is 0 Å². The van der Waals surface area contributed by atoms with Crippen molar-refractivity contribution in [1.29, 1.82) is 0 Å². The summed E-state index contributed by atoms with van der Waals surface area (Å²) in [5.74, 6) is -0.269. The third-order valence-corrected chi connectivity index (χ3v) is 6.44. The maximum Gasteiger partial charge on any atom is 0.242 e. The van der Waals surface area contributed by atoms with Crippen LogP contribution in [-0.2, 0) is 21.9 Å². The van der Waals surface area contributed by atoms with Crippen molar-refractivity contribution in [2.75, 3.05) is 12.3 Å². The van der Waals surface area contributed by atoms with Gasteiger partial charge < -0.3 is 10.2 Å². The molecule has 0 aliphatic rings. The lowest BCUT2D eigenvalue weighted by atomic mass is 10.1. The summed E-state index contributed by atoms with van der Waals surface area (Å²) in [5.41, 5.74) is 1.13. The minimum absolute atomic E-state index is 0.105. The molecule has 2 aromatic rings. The molecular formula is C23H27Cl2FN2O2S. The summed E-state index contributed by atoms with van der Waals surface area (Å²) in [6.45, 7) is 4.48. The van der Waals surface area contributed by atoms with Gasteiger partial charge >= 0.3 is 0 Å². The number of hydrogen-bond donors (Lipinski definition) is 1. The number of nitrogens with one attached hydrogen (secondary N) is 1. The van der Waals surface area contributed by atoms with E-state index in [4.69, 9.17) is 23.2 Å². The van der Waals surface area contributed by atoms with Crippen LogP contribution in [0, 0.1) is 5.82 Å². The first-order chi connectivity index (χ1) is 14.9. The number of carbonyl (C=O) groups excluding carboxylic acids is 2. The topological polar surface area (TPSA) is 49.4 Å². The van der Waals surface area contributed by atoms with Crippen molar-refractivity contribution in [3.63, 3.8) is 0 Å². The smallest absolute Gasteiger partial charge is 0.242 e. The molecule has 2 amide bonds. The minimum Gasteiger partial charge on any atom is -0.354 e. The van der Waals surface area contributed by atoms with Crippen LogP contribution < -0.4 is 5.32 Å². The lowest BCUT2D eigenvalue weighted by Gasteiger charge is -2.31. The van der Waals surface area contributed by atoms with E-state index in [0.29, 0.717) is 39.9 Å². The molecule has 0 aliphatic carbocycles. The van der Waals surface area contributed by atoms with Gasteiger partial charge in [0.15, 0.2) is 0 Å². The molecule has 0 aromatic heterocycles. The molecule has 168 valence electrons. The van der Waals surface area contributed by atoms with Crippen LogP contribution in [0.25, 0.3) is 0 Å². The second-order valence-electron chi connectivity index (χ2n) is 7.02. The number of thioether (sulfide) groups is 1. The largest absolute Gasteiger partial charge is 0.354 e. The Morgan fingerprint density at radius 2 is 1.77 bits per heavy atom. The Morgan fingerprint density at radius 1 is 1.10 bits per heavy atom. The van der Waals surface area contributed by atoms with Crippen LogP contribution in [-0.4, -0.2) is 35.1 Å². The first-order valence-electron chi connectivity index (χ1n) is 10.2. The van der Waals surface area contributed by atoms with Crippen LogP contribution in [0.2, 0.25) is 10.0 Å². The molecule has 0 saturated heterocycles. The maximum absolute atomic E-state index is 13.9. The number of nitrogens with zero attached hydrogens (tertiary/aromatic N) is 1. The second-order valence-corrected chi connectivity index (χ2v) is 8.82. The highest BCUT2D eigenvalue weighted by Gasteiger charge is 2.29. The summed E-state index contributed by atoms with van der Waals surface area (Å²) in [7, 11) is 0. The summed E-state index contributed by atoms with van der Waals surface area (Å²) in [4.78, 5) is 27.4. The number of amides is 2. The number of rotatable bonds is 11. The molecule has 0 heterocycles. The van der Waals surface area contributed by atoms with Gasteiger partial charge in [-0.3, -0.25) is 9.59 Å². The molecule has 0 radical (unpaired) electrons. The lowest BCUT2D eigenvalue weighted by molar-refractivity contribution is -0.139. The van der Waals surface area contributed by atoms with Crippen LogP contribution >= 0.6 is 35.0 Å². The minimum atomic E-state index is -0.652. The van der Waals surface area contributed by atoms with E-state index in [1.165, 1.54) is 22.7 Å². The molecule has 2 rings (SSSR count). The van der Waals surface area contributed by atoms with Crippen molar-refractivity contribution in [2.45, 2.75) is 45.0 Å². The molecule has 0 fully saturated rings. The van der Waals surface area contributed by atoms with Gasteiger partial charge in [-0.1, -0.05) is 61.3 Å². The Kier molecular flexibility index (Phi) is 10.6. The summed E-state index contributed by atoms with van der Waals surface area (Å²) in [6, 6.07) is 11.0. The van der Waals surface area contributed by atoms with Crippen molar-refractivity contribution in [3.05, 3.63) is 69.5 Å². The molecule has 2 aromatic carbocycles. The van der Waals surface area contributed by atoms with E-state index in [9.17, 15) is 14.0 Å². The summed E-state index contributed by atoms with van der Waals surface area (Å²) < 4.78 is 13.9. The average molecular weight is 485 g/mol. The van der Waals surface area contributed by atoms with E-state index in [-0.39, 0.29) is 29.9 Å². The highest BCUT2D eigenvalue weighted by Crippen LogP contribution is 2.27. The fourth-order valence-corrected chi connectivity index (χ4v) is 4.50. The maximum atomic E-state index is 13.9. The van der Waals surface area contributed by atoms with Crippen LogP contribution in [0.15, 0.2) is 42.5 Å². The zero-order valence-corrected chi connectivity index (χ0v) is 20.0. The van der Waals surface area contributed by atoms with E-state index >= 15 is 0 Å². The Hall–Kier alpha value is -1.76. The monoisotopic (exact) mass is 484 g/mol. The van der Waals surface area contributed by atoms with Crippen molar-refractivity contribution < 1.29 is 14.0 Å². The van der Waals surface area contributed by atoms with Crippen LogP contribution in [0.5, 0.6) is 0 Å². The highest BCUT2D eigenvalue weighted by atomic mass is 35.5. The van der Waals surface area contributed by atoms with Gasteiger partial charge in [-0.25, -0.2) is 4.39 Å². The van der Waals surface area contributed by atoms with E-state index in [1.807, 2.05) is 13.8 Å². The molecule has 0 aliphatic heterocycles. The predicted molar refractivity (Wildman–Crippen MR) is 127 cm³/mol. The molecule has 0 unspecified atom stereocenters. The third kappa shape index (κ3) is 7.41. The normalized spacial score (nSPS) is 11.8. The first kappa shape index (κ1) is 25.5. The van der Waals surface area contributed by atoms with Gasteiger partial charge in [-0.05, 0) is 36.6 Å². The van der Waals surface area contributed by atoms with Crippen LogP contribution in [0.4, 0.5) is 4.39 Å². The van der Waals surface area contributed by atoms with Gasteiger partial charge in [0, 0.05) is 34.5 Å². The zero-order chi connectivity index (χ0) is 22.8. The van der Waals surface area contributed by atoms with Crippen molar-refractivity contribution in [1.82, 2.24) is 10.2 Å². The van der Waals surface area contributed by atoms with E-state index in [2.05, 4.69) is 5.32 Å². The molecule has 31 heavy (non-hydrogen) atoms. The highest BCUT2D eigenvalue weighted by molar-refractivity contribution is 7.99. The van der Waals surface area contributed by atoms with Gasteiger partial charge in [0.1, 0.15) is 11.9 Å². The molecule has 1 N–H and O–H groups in total. The number of halogens is 3. The zero-order valence-electron chi connectivity index (χ0n) is 17.7. The number of hydrogen-bond acceptors (Lipinski definition) is 3. The molecular weight excluding hydrogens is 458 g/mol. The van der Waals surface area contributed by atoms with Gasteiger partial charge in [-0.15, -0.1) is 11.8 Å². The lowest BCUT2D eigenvalue weighted by Crippen LogP contribution is -2.49. The predicted octanol–water partition coefficient (Wildman–Crippen LogP) is 5.70. The average Bonchev–Trinajstić information content (AvgIpc) is 2.75. The molecule has 4 nitrogen and oxygen atoms in total. The molecule has 1 atom stereocenters. The fourth-order valence-electron chi connectivity index (χ4n) is 3.09. The Balaban J connectivity index is 2.19. The van der Waals surface area contributed by atoms with E-state index < -0.39 is 6.04 Å². The molecule has 0 spiro atoms. The third-order valence-electron chi connectivity index (χ3n) is 4.77. The first-order valence-corrected chi connectivity index (χ1v) is 12.1. The Bertz CT molecular complexity index is 877. The van der Waals surface area contributed by atoms with E-state index in [1.54, 1.807) is 36.4 Å². The Morgan fingerprint density at radius 3 is 2.39 bits per heavy atom. The van der Waals surface area contributed by atoms with E-state index in [0.717, 1.165) is 6.42 Å². The van der Waals surface area contributed by atoms with Gasteiger partial charge in [-0.2, -0.15) is 0 Å². The molecule has 0 saturated carbocycles. The van der Waals surface area contributed by atoms with Crippen molar-refractivity contribution in [3.8, 4) is 0 Å². The summed E-state index contributed by atoms with van der Waals surface area (Å²) in [6.07, 6.45) is 1.24. The van der Waals surface area contributed by atoms with Gasteiger partial charge in [0.05, 0.1) is 5.75 Å². The van der Waals surface area contributed by atoms with Crippen LogP contribution in [0.1, 0.15) is 37.8 Å². The van der Waals surface area contributed by atoms with Crippen molar-refractivity contribution >= 4 is 46.8 Å². The second kappa shape index (κ2) is 12.9. The standard InChI is InChI=1S/C23H27Cl2FN2O2S/c1-3-12-27-23(30)21(4-2)28(13-17-18(24)9-7-10-19(17)25)22(29)15-31-14-16-8-5-6-11-20(16)26/h5-11,21H,3-4,12-15H2,1-2H3,(H,27,30)/t21-/m0/s1. The Labute approximate surface area is 197 Å². The molecule has 8 heteroatoms. The molecule has 0 bridgehead atoms. The summed E-state index contributed by atoms with van der Waals surface area (Å²) in [5, 5.41) is 3.74. The van der Waals surface area contributed by atoms with Gasteiger partial charge in [0.2, 0.25) is 11.8 Å². The van der Waals surface area contributed by atoms with Crippen LogP contribution in [0.3, 0.4) is 0 Å². The number of benzene rings is 2. The summed E-state index contributed by atoms with van der Waals surface area (Å²) >= 11 is 13.9.